The van der Waals surface area contributed by atoms with Crippen LogP contribution in [-0.4, -0.2) is 45.6 Å². The molecule has 0 aliphatic carbocycles. The molecule has 148 valence electrons. The van der Waals surface area contributed by atoms with Crippen molar-refractivity contribution in [3.63, 3.8) is 0 Å². The number of aryl methyl sites for hydroxylation is 1. The number of benzene rings is 1. The Bertz CT molecular complexity index is 901. The highest BCUT2D eigenvalue weighted by Gasteiger charge is 2.36. The Morgan fingerprint density at radius 3 is 2.41 bits per heavy atom. The average Bonchev–Trinajstić information content (AvgIpc) is 2.57. The summed E-state index contributed by atoms with van der Waals surface area (Å²) in [6.45, 7) is 1.75. The molecule has 0 aliphatic heterocycles. The molecule has 2 aromatic rings. The average molecular weight is 403 g/mol. The summed E-state index contributed by atoms with van der Waals surface area (Å²) < 4.78 is 65.6. The van der Waals surface area contributed by atoms with E-state index in [1.807, 2.05) is 14.1 Å². The predicted octanol–water partition coefficient (Wildman–Crippen LogP) is 2.26. The lowest BCUT2D eigenvalue weighted by Crippen LogP contribution is -2.30. The van der Waals surface area contributed by atoms with Gasteiger partial charge in [-0.2, -0.15) is 18.2 Å². The zero-order valence-electron chi connectivity index (χ0n) is 15.0. The van der Waals surface area contributed by atoms with Crippen molar-refractivity contribution >= 4 is 21.8 Å². The predicted molar refractivity (Wildman–Crippen MR) is 96.2 cm³/mol. The van der Waals surface area contributed by atoms with Crippen molar-refractivity contribution in [2.45, 2.75) is 18.0 Å². The smallest absolute Gasteiger partial charge is 0.363 e. The minimum Gasteiger partial charge on any atom is -0.363 e. The number of nitrogens with one attached hydrogen (secondary N) is 2. The van der Waals surface area contributed by atoms with Gasteiger partial charge in [-0.3, -0.25) is 0 Å². The van der Waals surface area contributed by atoms with Crippen molar-refractivity contribution in [3.05, 3.63) is 41.6 Å². The van der Waals surface area contributed by atoms with Gasteiger partial charge in [0.05, 0.1) is 10.5 Å². The fourth-order valence-corrected chi connectivity index (χ4v) is 3.49. The number of anilines is 2. The lowest BCUT2D eigenvalue weighted by atomic mass is 10.2. The van der Waals surface area contributed by atoms with E-state index in [9.17, 15) is 21.6 Å². The molecule has 1 heterocycles. The van der Waals surface area contributed by atoms with Crippen molar-refractivity contribution in [3.8, 4) is 0 Å². The highest BCUT2D eigenvalue weighted by molar-refractivity contribution is 7.89. The fourth-order valence-electron chi connectivity index (χ4n) is 2.23. The van der Waals surface area contributed by atoms with Crippen molar-refractivity contribution in [1.29, 1.82) is 0 Å². The number of alkyl halides is 3. The lowest BCUT2D eigenvalue weighted by molar-refractivity contribution is -0.139. The van der Waals surface area contributed by atoms with Crippen molar-refractivity contribution in [1.82, 2.24) is 14.7 Å². The number of aromatic nitrogens is 2. The maximum atomic E-state index is 13.0. The van der Waals surface area contributed by atoms with Crippen molar-refractivity contribution < 1.29 is 21.6 Å². The molecule has 11 heteroatoms. The Morgan fingerprint density at radius 2 is 1.78 bits per heavy atom. The van der Waals surface area contributed by atoms with E-state index in [-0.39, 0.29) is 13.1 Å². The van der Waals surface area contributed by atoms with Gasteiger partial charge >= 0.3 is 6.18 Å². The van der Waals surface area contributed by atoms with Gasteiger partial charge in [0.1, 0.15) is 5.82 Å². The van der Waals surface area contributed by atoms with E-state index in [1.54, 1.807) is 17.9 Å². The minimum atomic E-state index is -4.76. The number of sulfonamides is 1. The Balaban J connectivity index is 2.04. The highest BCUT2D eigenvalue weighted by Crippen LogP contribution is 2.33. The molecule has 0 unspecified atom stereocenters. The summed E-state index contributed by atoms with van der Waals surface area (Å²) in [7, 11) is -0.683. The van der Waals surface area contributed by atoms with Gasteiger partial charge in [0, 0.05) is 38.9 Å². The largest absolute Gasteiger partial charge is 0.417 e. The Labute approximate surface area is 155 Å². The van der Waals surface area contributed by atoms with Crippen LogP contribution < -0.4 is 14.9 Å². The second-order valence-corrected chi connectivity index (χ2v) is 7.64. The van der Waals surface area contributed by atoms with Crippen LogP contribution in [-0.2, 0) is 16.2 Å². The molecule has 0 spiro atoms. The first-order valence-electron chi connectivity index (χ1n) is 7.93. The lowest BCUT2D eigenvalue weighted by Gasteiger charge is -2.15. The Kier molecular flexibility index (Phi) is 6.26. The summed E-state index contributed by atoms with van der Waals surface area (Å²) in [4.78, 5) is 9.41. The standard InChI is InChI=1S/C16H20F3N5O2S/c1-11-10-14(24(2)3)23-15(22-11)20-8-9-21-27(25,26)13-7-5-4-6-12(13)16(17,18)19/h4-7,10,21H,8-9H2,1-3H3,(H,20,22,23). The third kappa shape index (κ3) is 5.54. The van der Waals surface area contributed by atoms with Crippen molar-refractivity contribution in [2.75, 3.05) is 37.4 Å². The molecule has 0 amide bonds. The maximum absolute atomic E-state index is 13.0. The summed E-state index contributed by atoms with van der Waals surface area (Å²) in [5.41, 5.74) is -0.487. The summed E-state index contributed by atoms with van der Waals surface area (Å²) in [6, 6.07) is 5.82. The van der Waals surface area contributed by atoms with Crippen LogP contribution >= 0.6 is 0 Å². The number of rotatable bonds is 7. The summed E-state index contributed by atoms with van der Waals surface area (Å²) in [6.07, 6.45) is -4.76. The van der Waals surface area contributed by atoms with Gasteiger partial charge < -0.3 is 10.2 Å². The second kappa shape index (κ2) is 8.09. The summed E-state index contributed by atoms with van der Waals surface area (Å²) in [5, 5.41) is 2.85. The van der Waals surface area contributed by atoms with Crippen LogP contribution in [0.5, 0.6) is 0 Å². The summed E-state index contributed by atoms with van der Waals surface area (Å²) >= 11 is 0. The number of halogens is 3. The second-order valence-electron chi connectivity index (χ2n) is 5.90. The third-order valence-electron chi connectivity index (χ3n) is 3.48. The number of nitrogens with zero attached hydrogens (tertiary/aromatic N) is 3. The fraction of sp³-hybridized carbons (Fsp3) is 0.375. The molecule has 0 bridgehead atoms. The molecule has 0 fully saturated rings. The minimum absolute atomic E-state index is 0.101. The van der Waals surface area contributed by atoms with Crippen LogP contribution in [0.15, 0.2) is 35.2 Å². The molecule has 1 aromatic heterocycles. The van der Waals surface area contributed by atoms with Gasteiger partial charge in [-0.05, 0) is 19.1 Å². The van der Waals surface area contributed by atoms with Gasteiger partial charge in [0.25, 0.3) is 0 Å². The van der Waals surface area contributed by atoms with Gasteiger partial charge in [-0.15, -0.1) is 0 Å². The van der Waals surface area contributed by atoms with E-state index in [1.165, 1.54) is 6.07 Å². The Hall–Kier alpha value is -2.40. The zero-order chi connectivity index (χ0) is 20.2. The first-order valence-corrected chi connectivity index (χ1v) is 9.42. The molecule has 2 rings (SSSR count). The van der Waals surface area contributed by atoms with Gasteiger partial charge in [-0.1, -0.05) is 12.1 Å². The van der Waals surface area contributed by atoms with E-state index >= 15 is 0 Å². The van der Waals surface area contributed by atoms with Crippen LogP contribution in [0.25, 0.3) is 0 Å². The SMILES string of the molecule is Cc1cc(N(C)C)nc(NCCNS(=O)(=O)c2ccccc2C(F)(F)F)n1. The quantitative estimate of drug-likeness (QED) is 0.690. The van der Waals surface area contributed by atoms with Crippen LogP contribution in [0.4, 0.5) is 24.9 Å². The molecule has 27 heavy (non-hydrogen) atoms. The molecule has 0 atom stereocenters. The van der Waals surface area contributed by atoms with Gasteiger partial charge in [0.2, 0.25) is 16.0 Å². The van der Waals surface area contributed by atoms with Gasteiger partial charge in [0.15, 0.2) is 0 Å². The molecule has 0 saturated carbocycles. The molecule has 0 saturated heterocycles. The summed E-state index contributed by atoms with van der Waals surface area (Å²) in [5.74, 6) is 0.971. The molecule has 2 N–H and O–H groups in total. The highest BCUT2D eigenvalue weighted by atomic mass is 32.2. The molecule has 7 nitrogen and oxygen atoms in total. The monoisotopic (exact) mass is 403 g/mol. The van der Waals surface area contributed by atoms with Crippen LogP contribution in [0.3, 0.4) is 0 Å². The van der Waals surface area contributed by atoms with E-state index in [2.05, 4.69) is 20.0 Å². The molecular formula is C16H20F3N5O2S. The molecule has 1 aromatic carbocycles. The molecular weight excluding hydrogens is 383 g/mol. The van der Waals surface area contributed by atoms with Crippen LogP contribution in [0.2, 0.25) is 0 Å². The normalized spacial score (nSPS) is 12.1. The Morgan fingerprint density at radius 1 is 1.11 bits per heavy atom. The van der Waals surface area contributed by atoms with Crippen molar-refractivity contribution in [2.24, 2.45) is 0 Å². The van der Waals surface area contributed by atoms with E-state index in [0.717, 1.165) is 23.9 Å². The number of hydrogen-bond donors (Lipinski definition) is 2. The topological polar surface area (TPSA) is 87.2 Å². The van der Waals surface area contributed by atoms with Crippen LogP contribution in [0, 0.1) is 6.92 Å². The van der Waals surface area contributed by atoms with E-state index < -0.39 is 26.7 Å². The third-order valence-corrected chi connectivity index (χ3v) is 5.00. The first-order chi connectivity index (χ1) is 12.5. The maximum Gasteiger partial charge on any atom is 0.417 e. The number of hydrogen-bond acceptors (Lipinski definition) is 6. The molecule has 0 radical (unpaired) electrons. The zero-order valence-corrected chi connectivity index (χ0v) is 15.8. The van der Waals surface area contributed by atoms with Crippen LogP contribution in [0.1, 0.15) is 11.3 Å². The van der Waals surface area contributed by atoms with E-state index in [0.29, 0.717) is 11.8 Å². The molecule has 0 aliphatic rings. The van der Waals surface area contributed by atoms with Gasteiger partial charge in [-0.25, -0.2) is 18.1 Å². The first kappa shape index (κ1) is 20.9. The van der Waals surface area contributed by atoms with E-state index in [4.69, 9.17) is 0 Å².